The fraction of sp³-hybridized carbons (Fsp3) is 0.484. The Morgan fingerprint density at radius 3 is 2.77 bits per heavy atom. The van der Waals surface area contributed by atoms with Crippen molar-refractivity contribution in [2.75, 3.05) is 5.32 Å². The van der Waals surface area contributed by atoms with E-state index in [1.54, 1.807) is 35.5 Å². The van der Waals surface area contributed by atoms with Gasteiger partial charge in [-0.3, -0.25) is 19.4 Å². The molecule has 8 nitrogen and oxygen atoms in total. The lowest BCUT2D eigenvalue weighted by molar-refractivity contribution is -0.142. The number of carbonyl (C=O) groups excluding carboxylic acids is 3. The lowest BCUT2D eigenvalue weighted by atomic mass is 9.73. The van der Waals surface area contributed by atoms with Crippen molar-refractivity contribution in [2.45, 2.75) is 70.4 Å². The van der Waals surface area contributed by atoms with Gasteiger partial charge in [-0.25, -0.2) is 0 Å². The van der Waals surface area contributed by atoms with Crippen LogP contribution < -0.4 is 10.6 Å². The molecule has 3 fully saturated rings. The molecule has 2 bridgehead atoms. The minimum absolute atomic E-state index is 0.0232. The fourth-order valence-electron chi connectivity index (χ4n) is 7.07. The number of hydrogen-bond acceptors (Lipinski definition) is 5. The number of hydrogen-bond donors (Lipinski definition) is 2. The maximum atomic E-state index is 14.2. The molecule has 4 heterocycles. The fourth-order valence-corrected chi connectivity index (χ4v) is 7.25. The summed E-state index contributed by atoms with van der Waals surface area (Å²) in [4.78, 5) is 47.8. The normalized spacial score (nSPS) is 34.1. The van der Waals surface area contributed by atoms with Crippen LogP contribution in [0.5, 0.6) is 0 Å². The quantitative estimate of drug-likeness (QED) is 0.512. The van der Waals surface area contributed by atoms with Crippen LogP contribution in [0.1, 0.15) is 44.2 Å². The van der Waals surface area contributed by atoms with Crippen molar-refractivity contribution in [1.29, 1.82) is 0 Å². The topological polar surface area (TPSA) is 101 Å². The van der Waals surface area contributed by atoms with E-state index in [0.717, 1.165) is 30.4 Å². The Labute approximate surface area is 239 Å². The SMILES string of the molecule is Cc1ccc(NC(=O)[C@H]2[C@H]3C=C[C@@]4(O3)[C@H]2C(=O)N(Cc2cccnc2)[C@@H]4C(=O)N[C@@H]2CCC[C@@H](C)[C@H]2C)cc1Cl. The average molecular weight is 563 g/mol. The third-order valence-corrected chi connectivity index (χ3v) is 9.88. The van der Waals surface area contributed by atoms with Crippen LogP contribution in [0.2, 0.25) is 5.02 Å². The molecule has 2 N–H and O–H groups in total. The summed E-state index contributed by atoms with van der Waals surface area (Å²) in [5.41, 5.74) is 1.04. The molecule has 1 aromatic carbocycles. The number of nitrogens with zero attached hydrogens (tertiary/aromatic N) is 2. The van der Waals surface area contributed by atoms with E-state index in [9.17, 15) is 14.4 Å². The molecule has 210 valence electrons. The lowest BCUT2D eigenvalue weighted by Gasteiger charge is -2.38. The van der Waals surface area contributed by atoms with Gasteiger partial charge in [-0.2, -0.15) is 0 Å². The van der Waals surface area contributed by atoms with Gasteiger partial charge in [-0.15, -0.1) is 0 Å². The number of anilines is 1. The first-order chi connectivity index (χ1) is 19.2. The summed E-state index contributed by atoms with van der Waals surface area (Å²) in [6.45, 7) is 6.49. The zero-order valence-corrected chi connectivity index (χ0v) is 23.7. The monoisotopic (exact) mass is 562 g/mol. The van der Waals surface area contributed by atoms with Gasteiger partial charge < -0.3 is 20.3 Å². The first kappa shape index (κ1) is 27.0. The highest BCUT2D eigenvalue weighted by Crippen LogP contribution is 2.55. The Bertz CT molecular complexity index is 1370. The van der Waals surface area contributed by atoms with Crippen molar-refractivity contribution >= 4 is 35.0 Å². The van der Waals surface area contributed by atoms with Gasteiger partial charge in [-0.1, -0.05) is 62.6 Å². The predicted octanol–water partition coefficient (Wildman–Crippen LogP) is 4.27. The third kappa shape index (κ3) is 4.41. The Kier molecular flexibility index (Phi) is 6.95. The number of rotatable bonds is 6. The van der Waals surface area contributed by atoms with Crippen molar-refractivity contribution in [3.63, 3.8) is 0 Å². The molecule has 6 rings (SSSR count). The highest BCUT2D eigenvalue weighted by atomic mass is 35.5. The highest BCUT2D eigenvalue weighted by Gasteiger charge is 2.72. The maximum Gasteiger partial charge on any atom is 0.246 e. The molecular formula is C31H35ClN4O4. The van der Waals surface area contributed by atoms with E-state index < -0.39 is 29.6 Å². The number of aryl methyl sites for hydroxylation is 1. The Morgan fingerprint density at radius 1 is 1.20 bits per heavy atom. The third-order valence-electron chi connectivity index (χ3n) is 9.47. The highest BCUT2D eigenvalue weighted by molar-refractivity contribution is 6.31. The van der Waals surface area contributed by atoms with E-state index >= 15 is 0 Å². The second-order valence-corrected chi connectivity index (χ2v) is 12.3. The standard InChI is InChI=1S/C31H35ClN4O4/c1-17-6-4-8-23(19(17)3)35-29(38)27-31-12-11-24(40-31)25(28(37)34-21-10-9-18(2)22(32)14-21)26(31)30(39)36(27)16-20-7-5-13-33-15-20/h5,7,9-15,17,19,23-27H,4,6,8,16H2,1-3H3,(H,34,37)(H,35,38)/t17-,19-,23-,24-,25+,26-,27-,31-/m1/s1. The van der Waals surface area contributed by atoms with Gasteiger partial charge in [-0.05, 0) is 54.5 Å². The Hall–Kier alpha value is -3.23. The molecule has 0 unspecified atom stereocenters. The van der Waals surface area contributed by atoms with Gasteiger partial charge in [0.15, 0.2) is 0 Å². The van der Waals surface area contributed by atoms with Crippen LogP contribution in [-0.2, 0) is 25.7 Å². The van der Waals surface area contributed by atoms with Crippen molar-refractivity contribution in [2.24, 2.45) is 23.7 Å². The molecule has 1 aromatic heterocycles. The largest absolute Gasteiger partial charge is 0.359 e. The van der Waals surface area contributed by atoms with Crippen LogP contribution in [-0.4, -0.2) is 51.4 Å². The van der Waals surface area contributed by atoms with Gasteiger partial charge in [0, 0.05) is 35.7 Å². The van der Waals surface area contributed by atoms with E-state index in [2.05, 4.69) is 29.5 Å². The zero-order valence-electron chi connectivity index (χ0n) is 23.0. The van der Waals surface area contributed by atoms with E-state index in [-0.39, 0.29) is 30.3 Å². The van der Waals surface area contributed by atoms with Crippen molar-refractivity contribution in [3.8, 4) is 0 Å². The van der Waals surface area contributed by atoms with Gasteiger partial charge in [0.1, 0.15) is 11.6 Å². The second kappa shape index (κ2) is 10.3. The summed E-state index contributed by atoms with van der Waals surface area (Å²) in [7, 11) is 0. The molecule has 9 heteroatoms. The molecule has 3 amide bonds. The zero-order chi connectivity index (χ0) is 28.2. The van der Waals surface area contributed by atoms with Crippen molar-refractivity contribution in [1.82, 2.24) is 15.2 Å². The van der Waals surface area contributed by atoms with Crippen LogP contribution in [0.4, 0.5) is 5.69 Å². The minimum atomic E-state index is -1.22. The number of fused-ring (bicyclic) bond motifs is 1. The number of amides is 3. The van der Waals surface area contributed by atoms with Crippen LogP contribution >= 0.6 is 11.6 Å². The average Bonchev–Trinajstić information content (AvgIpc) is 3.57. The molecule has 1 aliphatic carbocycles. The first-order valence-corrected chi connectivity index (χ1v) is 14.5. The summed E-state index contributed by atoms with van der Waals surface area (Å²) in [6.07, 6.45) is 9.53. The molecule has 4 aliphatic rings. The summed E-state index contributed by atoms with van der Waals surface area (Å²) >= 11 is 6.28. The minimum Gasteiger partial charge on any atom is -0.359 e. The van der Waals surface area contributed by atoms with Gasteiger partial charge in [0.25, 0.3) is 0 Å². The van der Waals surface area contributed by atoms with Gasteiger partial charge in [0.05, 0.1) is 17.9 Å². The number of halogens is 1. The van der Waals surface area contributed by atoms with Crippen LogP contribution in [0.3, 0.4) is 0 Å². The maximum absolute atomic E-state index is 14.2. The number of carbonyl (C=O) groups is 3. The summed E-state index contributed by atoms with van der Waals surface area (Å²) in [5.74, 6) is -1.59. The summed E-state index contributed by atoms with van der Waals surface area (Å²) < 4.78 is 6.47. The lowest BCUT2D eigenvalue weighted by Crippen LogP contribution is -2.57. The molecule has 2 saturated heterocycles. The van der Waals surface area contributed by atoms with E-state index in [4.69, 9.17) is 16.3 Å². The van der Waals surface area contributed by atoms with Crippen LogP contribution in [0.25, 0.3) is 0 Å². The van der Waals surface area contributed by atoms with Gasteiger partial charge >= 0.3 is 0 Å². The number of likely N-dealkylation sites (tertiary alicyclic amines) is 1. The van der Waals surface area contributed by atoms with Crippen molar-refractivity contribution in [3.05, 3.63) is 71.0 Å². The summed E-state index contributed by atoms with van der Waals surface area (Å²) in [6, 6.07) is 8.12. The predicted molar refractivity (Wildman–Crippen MR) is 151 cm³/mol. The number of aromatic nitrogens is 1. The number of ether oxygens (including phenoxy) is 1. The number of pyridine rings is 1. The second-order valence-electron chi connectivity index (χ2n) is 11.9. The summed E-state index contributed by atoms with van der Waals surface area (Å²) in [5, 5.41) is 6.76. The van der Waals surface area contributed by atoms with Crippen LogP contribution in [0.15, 0.2) is 54.9 Å². The smallest absolute Gasteiger partial charge is 0.246 e. The molecule has 0 radical (unpaired) electrons. The molecular weight excluding hydrogens is 528 g/mol. The Balaban J connectivity index is 1.32. The van der Waals surface area contributed by atoms with E-state index in [1.165, 1.54) is 0 Å². The van der Waals surface area contributed by atoms with E-state index in [1.807, 2.05) is 31.2 Å². The van der Waals surface area contributed by atoms with Crippen LogP contribution in [0, 0.1) is 30.6 Å². The van der Waals surface area contributed by atoms with E-state index in [0.29, 0.717) is 22.5 Å². The first-order valence-electron chi connectivity index (χ1n) is 14.1. The number of benzene rings is 1. The molecule has 40 heavy (non-hydrogen) atoms. The molecule has 1 spiro atoms. The molecule has 8 atom stereocenters. The van der Waals surface area contributed by atoms with Crippen molar-refractivity contribution < 1.29 is 19.1 Å². The molecule has 2 aromatic rings. The number of nitrogens with one attached hydrogen (secondary N) is 2. The molecule has 1 saturated carbocycles. The Morgan fingerprint density at radius 2 is 2.02 bits per heavy atom. The van der Waals surface area contributed by atoms with Gasteiger partial charge in [0.2, 0.25) is 17.7 Å². The molecule has 3 aliphatic heterocycles.